The van der Waals surface area contributed by atoms with Gasteiger partial charge in [-0.3, -0.25) is 9.78 Å². The van der Waals surface area contributed by atoms with Crippen molar-refractivity contribution in [1.82, 2.24) is 19.8 Å². The van der Waals surface area contributed by atoms with Crippen LogP contribution >= 0.6 is 0 Å². The molecule has 1 fully saturated rings. The number of likely N-dealkylation sites (tertiary alicyclic amines) is 1. The number of aromatic hydroxyl groups is 1. The number of anilines is 2. The summed E-state index contributed by atoms with van der Waals surface area (Å²) >= 11 is 0. The molecule has 0 bridgehead atoms. The standard InChI is InChI=1S/C24H27N5O3/c1-28-11-10-18(15-28)29(2)24(31)20-9-6-17(12-22(20)32-3)26-23-14-25-13-21(27-23)16-4-7-19(30)8-5-16/h4-9,12-14,18,30H,10-11,15H2,1-3H3,(H,26,27). The molecular formula is C24H27N5O3. The number of likely N-dealkylation sites (N-methyl/N-ethyl adjacent to an activating group) is 2. The molecule has 2 N–H and O–H groups in total. The first-order valence-corrected chi connectivity index (χ1v) is 10.5. The van der Waals surface area contributed by atoms with Gasteiger partial charge >= 0.3 is 0 Å². The Kier molecular flexibility index (Phi) is 6.23. The number of phenolic OH excluding ortho intramolecular Hbond substituents is 1. The number of rotatable bonds is 6. The van der Waals surface area contributed by atoms with Crippen LogP contribution in [0.5, 0.6) is 11.5 Å². The Labute approximate surface area is 187 Å². The lowest BCUT2D eigenvalue weighted by atomic mass is 10.1. The van der Waals surface area contributed by atoms with E-state index in [2.05, 4.69) is 27.2 Å². The predicted molar refractivity (Wildman–Crippen MR) is 123 cm³/mol. The number of ether oxygens (including phenoxy) is 1. The van der Waals surface area contributed by atoms with Crippen LogP contribution in [0.15, 0.2) is 54.9 Å². The van der Waals surface area contributed by atoms with E-state index in [1.165, 1.54) is 0 Å². The normalized spacial score (nSPS) is 16.0. The summed E-state index contributed by atoms with van der Waals surface area (Å²) in [5.41, 5.74) is 2.79. The predicted octanol–water partition coefficient (Wildman–Crippen LogP) is 3.38. The smallest absolute Gasteiger partial charge is 0.257 e. The summed E-state index contributed by atoms with van der Waals surface area (Å²) in [5, 5.41) is 12.7. The minimum atomic E-state index is -0.0529. The molecule has 1 aliphatic rings. The van der Waals surface area contributed by atoms with Crippen LogP contribution in [0.2, 0.25) is 0 Å². The van der Waals surface area contributed by atoms with Crippen LogP contribution in [0.1, 0.15) is 16.8 Å². The van der Waals surface area contributed by atoms with Crippen molar-refractivity contribution in [2.75, 3.05) is 39.6 Å². The molecule has 1 saturated heterocycles. The van der Waals surface area contributed by atoms with Crippen LogP contribution < -0.4 is 10.1 Å². The van der Waals surface area contributed by atoms with Crippen molar-refractivity contribution in [3.63, 3.8) is 0 Å². The average Bonchev–Trinajstić information content (AvgIpc) is 3.25. The van der Waals surface area contributed by atoms with Crippen molar-refractivity contribution < 1.29 is 14.6 Å². The van der Waals surface area contributed by atoms with E-state index in [0.717, 1.165) is 30.8 Å². The van der Waals surface area contributed by atoms with Crippen LogP contribution in [-0.2, 0) is 0 Å². The Morgan fingerprint density at radius 2 is 2.00 bits per heavy atom. The summed E-state index contributed by atoms with van der Waals surface area (Å²) in [6, 6.07) is 12.4. The molecule has 2 heterocycles. The molecule has 0 saturated carbocycles. The second-order valence-electron chi connectivity index (χ2n) is 8.00. The highest BCUT2D eigenvalue weighted by molar-refractivity contribution is 5.97. The number of carbonyl (C=O) groups is 1. The minimum absolute atomic E-state index is 0.0529. The van der Waals surface area contributed by atoms with Gasteiger partial charge in [0, 0.05) is 37.0 Å². The molecule has 8 heteroatoms. The maximum atomic E-state index is 13.1. The maximum Gasteiger partial charge on any atom is 0.257 e. The highest BCUT2D eigenvalue weighted by Gasteiger charge is 2.28. The molecule has 3 aromatic rings. The van der Waals surface area contributed by atoms with E-state index < -0.39 is 0 Å². The molecule has 1 unspecified atom stereocenters. The fourth-order valence-corrected chi connectivity index (χ4v) is 3.87. The van der Waals surface area contributed by atoms with Gasteiger partial charge in [0.1, 0.15) is 17.3 Å². The van der Waals surface area contributed by atoms with Crippen LogP contribution in [0.25, 0.3) is 11.3 Å². The van der Waals surface area contributed by atoms with Crippen LogP contribution in [0.4, 0.5) is 11.5 Å². The number of carbonyl (C=O) groups excluding carboxylic acids is 1. The molecule has 1 aromatic heterocycles. The Morgan fingerprint density at radius 1 is 1.22 bits per heavy atom. The van der Waals surface area contributed by atoms with Crippen molar-refractivity contribution >= 4 is 17.4 Å². The van der Waals surface area contributed by atoms with Crippen molar-refractivity contribution in [2.24, 2.45) is 0 Å². The molecule has 166 valence electrons. The Bertz CT molecular complexity index is 1100. The second kappa shape index (κ2) is 9.23. The third kappa shape index (κ3) is 4.65. The van der Waals surface area contributed by atoms with E-state index in [0.29, 0.717) is 22.8 Å². The highest BCUT2D eigenvalue weighted by Crippen LogP contribution is 2.28. The van der Waals surface area contributed by atoms with E-state index in [9.17, 15) is 9.90 Å². The lowest BCUT2D eigenvalue weighted by Crippen LogP contribution is -2.38. The van der Waals surface area contributed by atoms with Crippen molar-refractivity contribution in [1.29, 1.82) is 0 Å². The van der Waals surface area contributed by atoms with Crippen molar-refractivity contribution in [3.05, 3.63) is 60.4 Å². The third-order valence-corrected chi connectivity index (χ3v) is 5.74. The number of nitrogens with zero attached hydrogens (tertiary/aromatic N) is 4. The van der Waals surface area contributed by atoms with E-state index in [1.54, 1.807) is 60.8 Å². The number of hydrogen-bond acceptors (Lipinski definition) is 7. The lowest BCUT2D eigenvalue weighted by molar-refractivity contribution is 0.0734. The molecule has 4 rings (SSSR count). The lowest BCUT2D eigenvalue weighted by Gasteiger charge is -2.25. The molecule has 32 heavy (non-hydrogen) atoms. The maximum absolute atomic E-state index is 13.1. The zero-order chi connectivity index (χ0) is 22.7. The van der Waals surface area contributed by atoms with Gasteiger partial charge < -0.3 is 25.0 Å². The van der Waals surface area contributed by atoms with Gasteiger partial charge in [-0.2, -0.15) is 0 Å². The van der Waals surface area contributed by atoms with Crippen LogP contribution in [0, 0.1) is 0 Å². The zero-order valence-corrected chi connectivity index (χ0v) is 18.4. The molecule has 1 aliphatic heterocycles. The average molecular weight is 434 g/mol. The Morgan fingerprint density at radius 3 is 2.69 bits per heavy atom. The zero-order valence-electron chi connectivity index (χ0n) is 18.4. The molecule has 0 aliphatic carbocycles. The summed E-state index contributed by atoms with van der Waals surface area (Å²) in [6.45, 7) is 1.87. The number of benzene rings is 2. The first-order chi connectivity index (χ1) is 15.4. The summed E-state index contributed by atoms with van der Waals surface area (Å²) in [6.07, 6.45) is 4.26. The molecule has 1 atom stereocenters. The van der Waals surface area contributed by atoms with Gasteiger partial charge in [-0.25, -0.2) is 4.98 Å². The molecular weight excluding hydrogens is 406 g/mol. The second-order valence-corrected chi connectivity index (χ2v) is 8.00. The van der Waals surface area contributed by atoms with E-state index in [4.69, 9.17) is 4.74 Å². The van der Waals surface area contributed by atoms with Crippen molar-refractivity contribution in [2.45, 2.75) is 12.5 Å². The third-order valence-electron chi connectivity index (χ3n) is 5.74. The molecule has 1 amide bonds. The number of hydrogen-bond donors (Lipinski definition) is 2. The first-order valence-electron chi connectivity index (χ1n) is 10.5. The molecule has 2 aromatic carbocycles. The summed E-state index contributed by atoms with van der Waals surface area (Å²) < 4.78 is 5.53. The SMILES string of the molecule is COc1cc(Nc2cncc(-c3ccc(O)cc3)n2)ccc1C(=O)N(C)C1CCN(C)C1. The van der Waals surface area contributed by atoms with Gasteiger partial charge in [0.05, 0.1) is 30.8 Å². The fraction of sp³-hybridized carbons (Fsp3) is 0.292. The monoisotopic (exact) mass is 433 g/mol. The Hall–Kier alpha value is -3.65. The summed E-state index contributed by atoms with van der Waals surface area (Å²) in [7, 11) is 5.48. The van der Waals surface area contributed by atoms with Crippen molar-refractivity contribution in [3.8, 4) is 22.8 Å². The number of methoxy groups -OCH3 is 1. The first kappa shape index (κ1) is 21.6. The van der Waals surface area contributed by atoms with Crippen LogP contribution in [-0.4, -0.2) is 71.1 Å². The molecule has 8 nitrogen and oxygen atoms in total. The van der Waals surface area contributed by atoms with E-state index in [1.807, 2.05) is 13.1 Å². The van der Waals surface area contributed by atoms with Gasteiger partial charge in [0.25, 0.3) is 5.91 Å². The fourth-order valence-electron chi connectivity index (χ4n) is 3.87. The number of phenols is 1. The molecule has 0 spiro atoms. The van der Waals surface area contributed by atoms with Gasteiger partial charge in [0.2, 0.25) is 0 Å². The highest BCUT2D eigenvalue weighted by atomic mass is 16.5. The Balaban J connectivity index is 1.52. The van der Waals surface area contributed by atoms with Gasteiger partial charge in [0.15, 0.2) is 0 Å². The molecule has 0 radical (unpaired) electrons. The van der Waals surface area contributed by atoms with Crippen LogP contribution in [0.3, 0.4) is 0 Å². The van der Waals surface area contributed by atoms with Gasteiger partial charge in [-0.1, -0.05) is 0 Å². The largest absolute Gasteiger partial charge is 0.508 e. The summed E-state index contributed by atoms with van der Waals surface area (Å²) in [4.78, 5) is 26.0. The topological polar surface area (TPSA) is 90.8 Å². The summed E-state index contributed by atoms with van der Waals surface area (Å²) in [5.74, 6) is 1.20. The minimum Gasteiger partial charge on any atom is -0.508 e. The van der Waals surface area contributed by atoms with E-state index >= 15 is 0 Å². The van der Waals surface area contributed by atoms with Gasteiger partial charge in [-0.15, -0.1) is 0 Å². The van der Waals surface area contributed by atoms with E-state index in [-0.39, 0.29) is 17.7 Å². The number of amides is 1. The number of aromatic nitrogens is 2. The van der Waals surface area contributed by atoms with Gasteiger partial charge in [-0.05, 0) is 56.4 Å². The quantitative estimate of drug-likeness (QED) is 0.616. The number of nitrogens with one attached hydrogen (secondary N) is 1.